The summed E-state index contributed by atoms with van der Waals surface area (Å²) in [5, 5.41) is 20.4. The number of anilines is 1. The van der Waals surface area contributed by atoms with Gasteiger partial charge in [0.05, 0.1) is 12.9 Å². The second-order valence-corrected chi connectivity index (χ2v) is 8.55. The van der Waals surface area contributed by atoms with Crippen LogP contribution in [0.25, 0.3) is 11.2 Å². The fourth-order valence-electron chi connectivity index (χ4n) is 2.52. The minimum absolute atomic E-state index is 0.0901. The number of aromatic nitrogens is 4. The molecule has 1 fully saturated rings. The summed E-state index contributed by atoms with van der Waals surface area (Å²) in [6.45, 7) is -0.757. The fourth-order valence-corrected chi connectivity index (χ4v) is 4.30. The standard InChI is InChI=1S/C10H16N6O10P2/c11-8-5-9(14-2-13-8)16(3-15-5)10-7(18)6(17)4(24-10)1-23-28(22,25-12)26-27(19,20)21/h2-4,6-7,10,17-18H,1,12H2,(H2,11,13,14)(H2,19,20,21)/t4-,6-,7-,10-,28?/m1/s1. The van der Waals surface area contributed by atoms with Gasteiger partial charge < -0.3 is 30.5 Å². The van der Waals surface area contributed by atoms with Crippen LogP contribution in [0, 0.1) is 0 Å². The molecular weight excluding hydrogens is 426 g/mol. The van der Waals surface area contributed by atoms with Crippen LogP contribution >= 0.6 is 15.6 Å². The second kappa shape index (κ2) is 7.70. The zero-order valence-electron chi connectivity index (χ0n) is 13.7. The molecule has 3 rings (SSSR count). The third-order valence-corrected chi connectivity index (χ3v) is 6.11. The van der Waals surface area contributed by atoms with Crippen molar-refractivity contribution >= 4 is 32.6 Å². The lowest BCUT2D eigenvalue weighted by Crippen LogP contribution is -2.33. The summed E-state index contributed by atoms with van der Waals surface area (Å²) in [6.07, 6.45) is -3.12. The number of nitrogens with zero attached hydrogens (tertiary/aromatic N) is 4. The van der Waals surface area contributed by atoms with E-state index in [1.165, 1.54) is 17.2 Å². The summed E-state index contributed by atoms with van der Waals surface area (Å²) in [5.74, 6) is 4.78. The predicted molar refractivity (Wildman–Crippen MR) is 87.6 cm³/mol. The summed E-state index contributed by atoms with van der Waals surface area (Å²) < 4.78 is 41.9. The summed E-state index contributed by atoms with van der Waals surface area (Å²) >= 11 is 0. The first-order chi connectivity index (χ1) is 13.0. The van der Waals surface area contributed by atoms with Crippen LogP contribution in [0.2, 0.25) is 0 Å². The Kier molecular flexibility index (Phi) is 5.82. The van der Waals surface area contributed by atoms with Gasteiger partial charge in [0.25, 0.3) is 0 Å². The first-order valence-electron chi connectivity index (χ1n) is 7.39. The molecule has 0 radical (unpaired) electrons. The molecule has 8 N–H and O–H groups in total. The predicted octanol–water partition coefficient (Wildman–Crippen LogP) is -1.85. The summed E-state index contributed by atoms with van der Waals surface area (Å²) in [6, 6.07) is 0. The number of rotatable bonds is 7. The van der Waals surface area contributed by atoms with Crippen LogP contribution in [0.5, 0.6) is 0 Å². The second-order valence-electron chi connectivity index (χ2n) is 5.55. The van der Waals surface area contributed by atoms with E-state index in [2.05, 4.69) is 28.4 Å². The largest absolute Gasteiger partial charge is 0.500 e. The highest BCUT2D eigenvalue weighted by Crippen LogP contribution is 2.60. The molecule has 0 aromatic carbocycles. The van der Waals surface area contributed by atoms with Crippen LogP contribution in [0.15, 0.2) is 12.7 Å². The van der Waals surface area contributed by atoms with E-state index >= 15 is 0 Å². The van der Waals surface area contributed by atoms with Gasteiger partial charge in [-0.2, -0.15) is 4.31 Å². The van der Waals surface area contributed by atoms with Crippen molar-refractivity contribution in [2.75, 3.05) is 12.3 Å². The molecule has 0 bridgehead atoms. The minimum atomic E-state index is -5.26. The van der Waals surface area contributed by atoms with E-state index in [1.807, 2.05) is 0 Å². The number of imidazole rings is 1. The first kappa shape index (κ1) is 21.2. The van der Waals surface area contributed by atoms with E-state index in [4.69, 9.17) is 26.2 Å². The van der Waals surface area contributed by atoms with Crippen LogP contribution in [0.3, 0.4) is 0 Å². The third kappa shape index (κ3) is 4.22. The maximum Gasteiger partial charge on any atom is 0.500 e. The Morgan fingerprint density at radius 3 is 2.57 bits per heavy atom. The van der Waals surface area contributed by atoms with Gasteiger partial charge in [-0.3, -0.25) is 9.09 Å². The molecule has 18 heteroatoms. The fraction of sp³-hybridized carbons (Fsp3) is 0.500. The van der Waals surface area contributed by atoms with E-state index in [-0.39, 0.29) is 17.0 Å². The van der Waals surface area contributed by atoms with Gasteiger partial charge in [-0.05, 0) is 0 Å². The molecule has 28 heavy (non-hydrogen) atoms. The van der Waals surface area contributed by atoms with E-state index < -0.39 is 46.8 Å². The Morgan fingerprint density at radius 2 is 1.93 bits per heavy atom. The smallest absolute Gasteiger partial charge is 0.387 e. The third-order valence-electron chi connectivity index (χ3n) is 3.73. The van der Waals surface area contributed by atoms with Crippen molar-refractivity contribution < 1.29 is 47.3 Å². The molecule has 1 aliphatic heterocycles. The Bertz CT molecular complexity index is 950. The van der Waals surface area contributed by atoms with Crippen molar-refractivity contribution in [2.24, 2.45) is 5.90 Å². The van der Waals surface area contributed by atoms with Crippen molar-refractivity contribution in [1.29, 1.82) is 0 Å². The SMILES string of the molecule is NOP(=O)(OC[C@H]1O[C@@H](n2cnc3c(N)ncnc32)[C@H](O)[C@@H]1O)OP(=O)(O)O. The van der Waals surface area contributed by atoms with Gasteiger partial charge in [0.15, 0.2) is 17.7 Å². The Balaban J connectivity index is 1.76. The van der Waals surface area contributed by atoms with Gasteiger partial charge in [-0.15, -0.1) is 0 Å². The maximum atomic E-state index is 11.9. The number of nitrogen functional groups attached to an aromatic ring is 1. The molecule has 5 atom stereocenters. The van der Waals surface area contributed by atoms with Crippen LogP contribution in [0.4, 0.5) is 5.82 Å². The Hall–Kier alpha value is -1.55. The zero-order chi connectivity index (χ0) is 20.7. The molecule has 0 aliphatic carbocycles. The van der Waals surface area contributed by atoms with E-state index in [9.17, 15) is 19.3 Å². The highest BCUT2D eigenvalue weighted by molar-refractivity contribution is 7.61. The summed E-state index contributed by atoms with van der Waals surface area (Å²) in [7, 11) is -10.1. The van der Waals surface area contributed by atoms with Gasteiger partial charge in [0.2, 0.25) is 0 Å². The molecule has 16 nitrogen and oxygen atoms in total. The number of aliphatic hydroxyl groups excluding tert-OH is 2. The van der Waals surface area contributed by atoms with Gasteiger partial charge in [-0.1, -0.05) is 0 Å². The van der Waals surface area contributed by atoms with Crippen LogP contribution in [-0.4, -0.2) is 64.4 Å². The topological polar surface area (TPSA) is 248 Å². The molecule has 1 unspecified atom stereocenters. The molecule has 1 saturated heterocycles. The van der Waals surface area contributed by atoms with Gasteiger partial charge in [0.1, 0.15) is 30.2 Å². The molecule has 0 amide bonds. The van der Waals surface area contributed by atoms with E-state index in [1.54, 1.807) is 0 Å². The number of ether oxygens (including phenoxy) is 1. The van der Waals surface area contributed by atoms with Crippen LogP contribution < -0.4 is 11.6 Å². The Labute approximate surface area is 155 Å². The maximum absolute atomic E-state index is 11.9. The highest BCUT2D eigenvalue weighted by Gasteiger charge is 2.46. The van der Waals surface area contributed by atoms with Gasteiger partial charge >= 0.3 is 15.6 Å². The van der Waals surface area contributed by atoms with Gasteiger partial charge in [0, 0.05) is 0 Å². The van der Waals surface area contributed by atoms with Crippen LogP contribution in [-0.2, 0) is 27.3 Å². The number of aliphatic hydroxyl groups is 2. The lowest BCUT2D eigenvalue weighted by atomic mass is 10.1. The van der Waals surface area contributed by atoms with E-state index in [0.29, 0.717) is 0 Å². The highest BCUT2D eigenvalue weighted by atomic mass is 31.3. The summed E-state index contributed by atoms with van der Waals surface area (Å²) in [5.41, 5.74) is 6.14. The first-order valence-corrected chi connectivity index (χ1v) is 10.4. The molecule has 1 aliphatic rings. The van der Waals surface area contributed by atoms with Crippen molar-refractivity contribution in [3.8, 4) is 0 Å². The van der Waals surface area contributed by atoms with Crippen molar-refractivity contribution in [1.82, 2.24) is 19.5 Å². The van der Waals surface area contributed by atoms with Gasteiger partial charge in [-0.25, -0.2) is 34.6 Å². The lowest BCUT2D eigenvalue weighted by Gasteiger charge is -2.19. The van der Waals surface area contributed by atoms with Crippen LogP contribution in [0.1, 0.15) is 6.23 Å². The summed E-state index contributed by atoms with van der Waals surface area (Å²) in [4.78, 5) is 29.2. The number of nitrogens with two attached hydrogens (primary N) is 2. The monoisotopic (exact) mass is 442 g/mol. The quantitative estimate of drug-likeness (QED) is 0.203. The molecule has 2 aromatic heterocycles. The number of hydrogen-bond acceptors (Lipinski definition) is 13. The van der Waals surface area contributed by atoms with Crippen molar-refractivity contribution in [3.05, 3.63) is 12.7 Å². The molecule has 0 spiro atoms. The van der Waals surface area contributed by atoms with Crippen molar-refractivity contribution in [2.45, 2.75) is 24.5 Å². The average Bonchev–Trinajstić information content (AvgIpc) is 3.15. The normalized spacial score (nSPS) is 27.9. The molecule has 3 heterocycles. The van der Waals surface area contributed by atoms with Crippen molar-refractivity contribution in [3.63, 3.8) is 0 Å². The average molecular weight is 442 g/mol. The molecule has 0 saturated carbocycles. The van der Waals surface area contributed by atoms with E-state index in [0.717, 1.165) is 0 Å². The minimum Gasteiger partial charge on any atom is -0.387 e. The number of hydrogen-bond donors (Lipinski definition) is 6. The molecule has 156 valence electrons. The lowest BCUT2D eigenvalue weighted by molar-refractivity contribution is -0.0513. The number of fused-ring (bicyclic) bond motifs is 1. The molecular formula is C10H16N6O10P2. The molecule has 2 aromatic rings. The Morgan fingerprint density at radius 1 is 1.21 bits per heavy atom. The number of phosphoric acid groups is 2. The zero-order valence-corrected chi connectivity index (χ0v) is 15.5.